The molecular formula is C50H32N2O. The molecular weight excluding hydrogens is 645 g/mol. The third kappa shape index (κ3) is 4.68. The van der Waals surface area contributed by atoms with Crippen LogP contribution in [0.4, 0.5) is 17.1 Å². The first-order valence-electron chi connectivity index (χ1n) is 18.1. The van der Waals surface area contributed by atoms with Crippen LogP contribution in [0.1, 0.15) is 0 Å². The molecule has 0 amide bonds. The molecule has 0 bridgehead atoms. The van der Waals surface area contributed by atoms with Crippen LogP contribution in [0.2, 0.25) is 0 Å². The molecule has 3 heteroatoms. The lowest BCUT2D eigenvalue weighted by Gasteiger charge is -2.26. The Kier molecular flexibility index (Phi) is 6.55. The number of hydrogen-bond acceptors (Lipinski definition) is 2. The van der Waals surface area contributed by atoms with E-state index in [0.29, 0.717) is 0 Å². The Bertz CT molecular complexity index is 3160. The average molecular weight is 677 g/mol. The van der Waals surface area contributed by atoms with Gasteiger partial charge in [0.05, 0.1) is 11.0 Å². The van der Waals surface area contributed by atoms with Gasteiger partial charge in [-0.25, -0.2) is 0 Å². The van der Waals surface area contributed by atoms with Crippen LogP contribution in [0.3, 0.4) is 0 Å². The fourth-order valence-electron chi connectivity index (χ4n) is 8.32. The van der Waals surface area contributed by atoms with Crippen molar-refractivity contribution in [2.75, 3.05) is 4.90 Å². The second-order valence-corrected chi connectivity index (χ2v) is 13.7. The number of furan rings is 1. The quantitative estimate of drug-likeness (QED) is 0.181. The summed E-state index contributed by atoms with van der Waals surface area (Å²) in [5, 5.41) is 9.72. The fourth-order valence-corrected chi connectivity index (χ4v) is 8.32. The van der Waals surface area contributed by atoms with Gasteiger partial charge < -0.3 is 13.9 Å². The minimum Gasteiger partial charge on any atom is -0.456 e. The first kappa shape index (κ1) is 29.6. The van der Waals surface area contributed by atoms with Crippen molar-refractivity contribution in [3.8, 4) is 16.8 Å². The zero-order chi connectivity index (χ0) is 34.9. The summed E-state index contributed by atoms with van der Waals surface area (Å²) in [6.07, 6.45) is 0. The van der Waals surface area contributed by atoms with Crippen molar-refractivity contribution < 1.29 is 4.42 Å². The van der Waals surface area contributed by atoms with Gasteiger partial charge in [-0.2, -0.15) is 0 Å². The minimum absolute atomic E-state index is 0.884. The van der Waals surface area contributed by atoms with E-state index in [0.717, 1.165) is 44.7 Å². The molecule has 2 heterocycles. The molecule has 11 rings (SSSR count). The maximum atomic E-state index is 6.24. The summed E-state index contributed by atoms with van der Waals surface area (Å²) in [6, 6.07) is 69.8. The summed E-state index contributed by atoms with van der Waals surface area (Å²) in [5.41, 5.74) is 11.0. The van der Waals surface area contributed by atoms with Gasteiger partial charge in [-0.3, -0.25) is 0 Å². The van der Waals surface area contributed by atoms with Crippen molar-refractivity contribution in [1.29, 1.82) is 0 Å². The summed E-state index contributed by atoms with van der Waals surface area (Å²) in [5.74, 6) is 0. The predicted octanol–water partition coefficient (Wildman–Crippen LogP) is 14.1. The summed E-state index contributed by atoms with van der Waals surface area (Å²) >= 11 is 0. The number of hydrogen-bond donors (Lipinski definition) is 0. The van der Waals surface area contributed by atoms with E-state index in [2.05, 4.69) is 191 Å². The highest BCUT2D eigenvalue weighted by Crippen LogP contribution is 2.41. The van der Waals surface area contributed by atoms with Gasteiger partial charge in [0.1, 0.15) is 11.2 Å². The molecule has 3 nitrogen and oxygen atoms in total. The zero-order valence-electron chi connectivity index (χ0n) is 28.8. The Balaban J connectivity index is 1.08. The third-order valence-corrected chi connectivity index (χ3v) is 10.8. The Labute approximate surface area is 306 Å². The molecule has 0 saturated heterocycles. The summed E-state index contributed by atoms with van der Waals surface area (Å²) < 4.78 is 8.66. The molecule has 9 aromatic carbocycles. The Morgan fingerprint density at radius 2 is 0.981 bits per heavy atom. The van der Waals surface area contributed by atoms with Gasteiger partial charge in [-0.05, 0) is 94.0 Å². The van der Waals surface area contributed by atoms with E-state index in [1.165, 1.54) is 54.5 Å². The van der Waals surface area contributed by atoms with Crippen LogP contribution < -0.4 is 4.90 Å². The van der Waals surface area contributed by atoms with Gasteiger partial charge in [-0.15, -0.1) is 0 Å². The van der Waals surface area contributed by atoms with E-state index in [9.17, 15) is 0 Å². The van der Waals surface area contributed by atoms with E-state index < -0.39 is 0 Å². The molecule has 0 aliphatic rings. The predicted molar refractivity (Wildman–Crippen MR) is 223 cm³/mol. The molecule has 0 aliphatic heterocycles. The second kappa shape index (κ2) is 11.7. The highest BCUT2D eigenvalue weighted by atomic mass is 16.3. The van der Waals surface area contributed by atoms with Crippen LogP contribution in [0, 0.1) is 0 Å². The van der Waals surface area contributed by atoms with Gasteiger partial charge >= 0.3 is 0 Å². The van der Waals surface area contributed by atoms with Crippen LogP contribution in [-0.4, -0.2) is 4.57 Å². The molecule has 0 unspecified atom stereocenters. The molecule has 0 radical (unpaired) electrons. The number of benzene rings is 9. The lowest BCUT2D eigenvalue weighted by Crippen LogP contribution is -2.10. The standard InChI is InChI=1S/C50H32N2O/c1-3-13-40-33(10-1)12-9-17-41(40)35-20-23-36(24-21-35)51(39-29-31-49-46(32-39)44-16-6-8-19-48(44)53-49)37-25-27-38(28-26-37)52-47-18-7-5-15-43(47)45-30-22-34-11-2-4-14-42(34)50(45)52/h1-32H. The van der Waals surface area contributed by atoms with E-state index >= 15 is 0 Å². The van der Waals surface area contributed by atoms with Crippen molar-refractivity contribution in [3.63, 3.8) is 0 Å². The monoisotopic (exact) mass is 676 g/mol. The summed E-state index contributed by atoms with van der Waals surface area (Å²) in [4.78, 5) is 2.35. The number of fused-ring (bicyclic) bond motifs is 9. The highest BCUT2D eigenvalue weighted by molar-refractivity contribution is 6.18. The van der Waals surface area contributed by atoms with Crippen LogP contribution in [0.25, 0.3) is 82.1 Å². The summed E-state index contributed by atoms with van der Waals surface area (Å²) in [7, 11) is 0. The molecule has 2 aromatic heterocycles. The van der Waals surface area contributed by atoms with Crippen molar-refractivity contribution in [1.82, 2.24) is 4.57 Å². The topological polar surface area (TPSA) is 21.3 Å². The van der Waals surface area contributed by atoms with E-state index in [1.54, 1.807) is 0 Å². The van der Waals surface area contributed by atoms with E-state index in [1.807, 2.05) is 12.1 Å². The maximum Gasteiger partial charge on any atom is 0.135 e. The maximum absolute atomic E-state index is 6.24. The van der Waals surface area contributed by atoms with Crippen molar-refractivity contribution in [2.45, 2.75) is 0 Å². The van der Waals surface area contributed by atoms with Crippen LogP contribution >= 0.6 is 0 Å². The average Bonchev–Trinajstić information content (AvgIpc) is 3.77. The molecule has 0 fully saturated rings. The molecule has 0 N–H and O–H groups in total. The van der Waals surface area contributed by atoms with Crippen molar-refractivity contribution in [2.24, 2.45) is 0 Å². The van der Waals surface area contributed by atoms with Gasteiger partial charge in [0, 0.05) is 49.7 Å². The number of aromatic nitrogens is 1. The SMILES string of the molecule is c1ccc2c(-c3ccc(N(c4ccc(-n5c6ccccc6c6ccc7ccccc7c65)cc4)c4ccc5oc6ccccc6c5c4)cc3)cccc2c1. The summed E-state index contributed by atoms with van der Waals surface area (Å²) in [6.45, 7) is 0. The number of anilines is 3. The normalized spacial score (nSPS) is 11.8. The number of para-hydroxylation sites is 2. The molecule has 0 saturated carbocycles. The number of rotatable bonds is 5. The van der Waals surface area contributed by atoms with Gasteiger partial charge in [0.15, 0.2) is 0 Å². The van der Waals surface area contributed by atoms with Gasteiger partial charge in [0.25, 0.3) is 0 Å². The van der Waals surface area contributed by atoms with Crippen LogP contribution in [0.5, 0.6) is 0 Å². The fraction of sp³-hybridized carbons (Fsp3) is 0. The molecule has 248 valence electrons. The smallest absolute Gasteiger partial charge is 0.135 e. The largest absolute Gasteiger partial charge is 0.456 e. The Morgan fingerprint density at radius 3 is 1.79 bits per heavy atom. The first-order valence-corrected chi connectivity index (χ1v) is 18.1. The molecule has 0 aliphatic carbocycles. The van der Waals surface area contributed by atoms with Crippen molar-refractivity contribution >= 4 is 82.4 Å². The molecule has 11 aromatic rings. The zero-order valence-corrected chi connectivity index (χ0v) is 28.8. The molecule has 0 spiro atoms. The minimum atomic E-state index is 0.884. The lowest BCUT2D eigenvalue weighted by molar-refractivity contribution is 0.669. The lowest BCUT2D eigenvalue weighted by atomic mass is 9.98. The van der Waals surface area contributed by atoms with E-state index in [4.69, 9.17) is 4.42 Å². The van der Waals surface area contributed by atoms with Crippen molar-refractivity contribution in [3.05, 3.63) is 194 Å². The van der Waals surface area contributed by atoms with Gasteiger partial charge in [0.2, 0.25) is 0 Å². The van der Waals surface area contributed by atoms with Crippen LogP contribution in [-0.2, 0) is 0 Å². The van der Waals surface area contributed by atoms with Gasteiger partial charge in [-0.1, -0.05) is 127 Å². The third-order valence-electron chi connectivity index (χ3n) is 10.8. The van der Waals surface area contributed by atoms with Crippen LogP contribution in [0.15, 0.2) is 199 Å². The van der Waals surface area contributed by atoms with E-state index in [-0.39, 0.29) is 0 Å². The molecule has 53 heavy (non-hydrogen) atoms. The molecule has 0 atom stereocenters. The first-order chi connectivity index (χ1) is 26.3. The second-order valence-electron chi connectivity index (χ2n) is 13.7. The Morgan fingerprint density at radius 1 is 0.377 bits per heavy atom. The highest BCUT2D eigenvalue weighted by Gasteiger charge is 2.18. The Hall–Kier alpha value is -7.10. The number of nitrogens with zero attached hydrogens (tertiary/aromatic N) is 2.